The third kappa shape index (κ3) is 5.85. The van der Waals surface area contributed by atoms with Crippen LogP contribution in [0.1, 0.15) is 25.8 Å². The predicted octanol–water partition coefficient (Wildman–Crippen LogP) is 1.56. The molecular weight excluding hydrogens is 382 g/mol. The molecule has 2 N–H and O–H groups in total. The number of hydrogen-bond acceptors (Lipinski definition) is 6. The molecule has 160 valence electrons. The lowest BCUT2D eigenvalue weighted by Crippen LogP contribution is -2.58. The highest BCUT2D eigenvalue weighted by molar-refractivity contribution is 5.75. The van der Waals surface area contributed by atoms with Gasteiger partial charge in [-0.25, -0.2) is 4.79 Å². The highest BCUT2D eigenvalue weighted by Crippen LogP contribution is 2.29. The van der Waals surface area contributed by atoms with Gasteiger partial charge in [-0.05, 0) is 56.4 Å². The zero-order valence-electron chi connectivity index (χ0n) is 17.5. The number of β-amino-alcohol motifs (C(OH)–C–C–N with tert-alkyl or cyclic N) is 1. The van der Waals surface area contributed by atoms with E-state index in [1.807, 2.05) is 4.90 Å². The van der Waals surface area contributed by atoms with E-state index in [9.17, 15) is 9.90 Å². The van der Waals surface area contributed by atoms with Gasteiger partial charge in [0.1, 0.15) is 24.0 Å². The van der Waals surface area contributed by atoms with Crippen LogP contribution >= 0.6 is 0 Å². The molecule has 2 bridgehead atoms. The van der Waals surface area contributed by atoms with Gasteiger partial charge < -0.3 is 20.1 Å². The van der Waals surface area contributed by atoms with Gasteiger partial charge in [-0.2, -0.15) is 10.5 Å². The number of benzene rings is 1. The van der Waals surface area contributed by atoms with E-state index in [-0.39, 0.29) is 12.6 Å². The van der Waals surface area contributed by atoms with Crippen LogP contribution in [0.5, 0.6) is 5.75 Å². The van der Waals surface area contributed by atoms with Crippen molar-refractivity contribution < 1.29 is 14.6 Å². The number of rotatable bonds is 6. The molecule has 0 radical (unpaired) electrons. The van der Waals surface area contributed by atoms with Crippen molar-refractivity contribution in [3.05, 3.63) is 29.8 Å². The van der Waals surface area contributed by atoms with Gasteiger partial charge in [0.2, 0.25) is 0 Å². The number of carbonyl (C=O) groups is 1. The Morgan fingerprint density at radius 3 is 2.43 bits per heavy atom. The van der Waals surface area contributed by atoms with E-state index in [2.05, 4.69) is 22.4 Å². The van der Waals surface area contributed by atoms with Crippen LogP contribution in [-0.2, 0) is 0 Å². The summed E-state index contributed by atoms with van der Waals surface area (Å²) in [6.07, 6.45) is 0.468. The summed E-state index contributed by atoms with van der Waals surface area (Å²) in [7, 11) is 0. The van der Waals surface area contributed by atoms with Crippen molar-refractivity contribution in [1.82, 2.24) is 15.1 Å². The second-order valence-electron chi connectivity index (χ2n) is 8.86. The van der Waals surface area contributed by atoms with Crippen molar-refractivity contribution in [1.29, 1.82) is 10.5 Å². The van der Waals surface area contributed by atoms with Gasteiger partial charge in [-0.3, -0.25) is 4.90 Å². The molecule has 3 rings (SSSR count). The molecule has 0 aromatic heterocycles. The Kier molecular flexibility index (Phi) is 6.81. The van der Waals surface area contributed by atoms with Crippen molar-refractivity contribution >= 4 is 6.03 Å². The summed E-state index contributed by atoms with van der Waals surface area (Å²) >= 11 is 0. The number of hydrogen-bond donors (Lipinski definition) is 2. The van der Waals surface area contributed by atoms with Crippen LogP contribution in [0, 0.1) is 34.5 Å². The molecule has 2 amide bonds. The molecule has 0 spiro atoms. The summed E-state index contributed by atoms with van der Waals surface area (Å²) in [5.74, 6) is 1.35. The van der Waals surface area contributed by atoms with Gasteiger partial charge in [-0.1, -0.05) is 0 Å². The van der Waals surface area contributed by atoms with E-state index in [1.54, 1.807) is 38.1 Å². The minimum atomic E-state index is -0.880. The van der Waals surface area contributed by atoms with Crippen molar-refractivity contribution in [2.45, 2.75) is 31.9 Å². The Morgan fingerprint density at radius 1 is 1.23 bits per heavy atom. The molecule has 2 fully saturated rings. The molecular formula is C22H29N5O3. The van der Waals surface area contributed by atoms with Crippen LogP contribution in [0.4, 0.5) is 4.79 Å². The number of ether oxygens (including phenoxy) is 1. The third-order valence-corrected chi connectivity index (χ3v) is 5.54. The summed E-state index contributed by atoms with van der Waals surface area (Å²) in [4.78, 5) is 16.6. The minimum Gasteiger partial charge on any atom is -0.491 e. The molecule has 2 aliphatic heterocycles. The maximum atomic E-state index is 12.5. The Bertz CT molecular complexity index is 813. The van der Waals surface area contributed by atoms with Crippen LogP contribution in [0.2, 0.25) is 0 Å². The van der Waals surface area contributed by atoms with Crippen LogP contribution in [0.25, 0.3) is 0 Å². The average molecular weight is 412 g/mol. The Balaban J connectivity index is 1.45. The van der Waals surface area contributed by atoms with Crippen LogP contribution < -0.4 is 10.1 Å². The van der Waals surface area contributed by atoms with Gasteiger partial charge in [0.05, 0.1) is 17.7 Å². The Hall–Kier alpha value is -2.81. The van der Waals surface area contributed by atoms with Gasteiger partial charge in [0, 0.05) is 32.7 Å². The summed E-state index contributed by atoms with van der Waals surface area (Å²) in [6.45, 7) is 7.09. The number of amides is 2. The maximum Gasteiger partial charge on any atom is 0.318 e. The first-order valence-electron chi connectivity index (χ1n) is 10.3. The molecule has 8 nitrogen and oxygen atoms in total. The number of likely N-dealkylation sites (tertiary alicyclic amines) is 2. The summed E-state index contributed by atoms with van der Waals surface area (Å²) < 4.78 is 5.63. The molecule has 3 atom stereocenters. The highest BCUT2D eigenvalue weighted by Gasteiger charge is 2.37. The van der Waals surface area contributed by atoms with Gasteiger partial charge in [0.25, 0.3) is 0 Å². The van der Waals surface area contributed by atoms with E-state index in [1.165, 1.54) is 0 Å². The first-order chi connectivity index (χ1) is 14.3. The number of fused-ring (bicyclic) bond motifs is 2. The van der Waals surface area contributed by atoms with Crippen LogP contribution in [0.3, 0.4) is 0 Å². The molecule has 8 heteroatoms. The number of urea groups is 1. The fraction of sp³-hybridized carbons (Fsp3) is 0.591. The van der Waals surface area contributed by atoms with Crippen molar-refractivity contribution in [2.24, 2.45) is 11.8 Å². The monoisotopic (exact) mass is 411 g/mol. The second kappa shape index (κ2) is 9.34. The Labute approximate surface area is 177 Å². The predicted molar refractivity (Wildman–Crippen MR) is 110 cm³/mol. The number of nitrogens with one attached hydrogen (secondary N) is 1. The van der Waals surface area contributed by atoms with E-state index in [4.69, 9.17) is 15.3 Å². The number of aliphatic hydroxyl groups is 1. The zero-order chi connectivity index (χ0) is 21.7. The fourth-order valence-electron chi connectivity index (χ4n) is 4.25. The smallest absolute Gasteiger partial charge is 0.318 e. The SMILES string of the molecule is CC(C)(C#N)NC(=O)N1CC2CC(CN(CC(O)COc3ccc(C#N)cc3)C2)C1. The highest BCUT2D eigenvalue weighted by atomic mass is 16.5. The minimum absolute atomic E-state index is 0.180. The molecule has 0 saturated carbocycles. The molecule has 2 aliphatic rings. The average Bonchev–Trinajstić information content (AvgIpc) is 2.71. The van der Waals surface area contributed by atoms with Gasteiger partial charge in [0.15, 0.2) is 0 Å². The number of nitrogens with zero attached hydrogens (tertiary/aromatic N) is 4. The first-order valence-corrected chi connectivity index (χ1v) is 10.3. The molecule has 0 aliphatic carbocycles. The quantitative estimate of drug-likeness (QED) is 0.735. The third-order valence-electron chi connectivity index (χ3n) is 5.54. The van der Waals surface area contributed by atoms with Crippen LogP contribution in [-0.4, -0.2) is 71.9 Å². The number of nitriles is 2. The molecule has 1 aromatic carbocycles. The second-order valence-corrected chi connectivity index (χ2v) is 8.86. The van der Waals surface area contributed by atoms with Crippen molar-refractivity contribution in [3.8, 4) is 17.9 Å². The lowest BCUT2D eigenvalue weighted by molar-refractivity contribution is 0.00880. The number of piperidine rings is 2. The number of aliphatic hydroxyl groups excluding tert-OH is 1. The molecule has 1 aromatic rings. The maximum absolute atomic E-state index is 12.5. The van der Waals surface area contributed by atoms with Crippen molar-refractivity contribution in [2.75, 3.05) is 39.3 Å². The molecule has 30 heavy (non-hydrogen) atoms. The Morgan fingerprint density at radius 2 is 1.87 bits per heavy atom. The lowest BCUT2D eigenvalue weighted by atomic mass is 9.84. The van der Waals surface area contributed by atoms with Gasteiger partial charge in [-0.15, -0.1) is 0 Å². The fourth-order valence-corrected chi connectivity index (χ4v) is 4.25. The summed E-state index contributed by atoms with van der Waals surface area (Å²) in [5.41, 5.74) is -0.309. The largest absolute Gasteiger partial charge is 0.491 e. The first kappa shape index (κ1) is 21.9. The number of carbonyl (C=O) groups excluding carboxylic acids is 1. The van der Waals surface area contributed by atoms with Crippen molar-refractivity contribution in [3.63, 3.8) is 0 Å². The van der Waals surface area contributed by atoms with E-state index in [0.717, 1.165) is 19.5 Å². The van der Waals surface area contributed by atoms with E-state index >= 15 is 0 Å². The summed E-state index contributed by atoms with van der Waals surface area (Å²) in [5, 5.41) is 31.1. The van der Waals surface area contributed by atoms with Crippen LogP contribution in [0.15, 0.2) is 24.3 Å². The zero-order valence-corrected chi connectivity index (χ0v) is 17.5. The standard InChI is InChI=1S/C22H29N5O3/c1-22(2,15-24)25-21(29)27-11-17-7-18(12-27)10-26(9-17)13-19(28)14-30-20-5-3-16(8-23)4-6-20/h3-6,17-19,28H,7,9-14H2,1-2H3,(H,25,29). The molecule has 2 saturated heterocycles. The normalized spacial score (nSPS) is 22.5. The topological polar surface area (TPSA) is 113 Å². The molecule has 2 heterocycles. The summed E-state index contributed by atoms with van der Waals surface area (Å²) in [6, 6.07) is 10.8. The van der Waals surface area contributed by atoms with Gasteiger partial charge >= 0.3 is 6.03 Å². The van der Waals surface area contributed by atoms with E-state index in [0.29, 0.717) is 42.8 Å². The van der Waals surface area contributed by atoms with E-state index < -0.39 is 11.6 Å². The lowest BCUT2D eigenvalue weighted by Gasteiger charge is -2.46. The molecule has 3 unspecified atom stereocenters.